The Balaban J connectivity index is 1.62. The van der Waals surface area contributed by atoms with E-state index in [-0.39, 0.29) is 0 Å². The van der Waals surface area contributed by atoms with Gasteiger partial charge >= 0.3 is 0 Å². The number of benzene rings is 2. The predicted octanol–water partition coefficient (Wildman–Crippen LogP) is 3.33. The number of guanidine groups is 1. The number of methoxy groups -OCH3 is 3. The first-order chi connectivity index (χ1) is 14.6. The zero-order valence-corrected chi connectivity index (χ0v) is 18.4. The van der Waals surface area contributed by atoms with Crippen LogP contribution in [-0.4, -0.2) is 46.0 Å². The van der Waals surface area contributed by atoms with Crippen LogP contribution in [0.25, 0.3) is 10.1 Å². The number of hydrogen-bond acceptors (Lipinski definition) is 6. The quantitative estimate of drug-likeness (QED) is 0.376. The number of aliphatic hydroxyl groups is 1. The minimum Gasteiger partial charge on any atom is -0.493 e. The SMILES string of the molecule is CN=C(NCc1ccc(OC)c(OC)c1OC)NCC(O)c1cc2ccccc2s1. The summed E-state index contributed by atoms with van der Waals surface area (Å²) in [5.41, 5.74) is 0.892. The van der Waals surface area contributed by atoms with Crippen molar-refractivity contribution < 1.29 is 19.3 Å². The summed E-state index contributed by atoms with van der Waals surface area (Å²) in [5.74, 6) is 2.33. The Bertz CT molecular complexity index is 986. The molecule has 0 aliphatic heterocycles. The Morgan fingerprint density at radius 3 is 2.47 bits per heavy atom. The van der Waals surface area contributed by atoms with Gasteiger partial charge in [0.1, 0.15) is 6.10 Å². The topological polar surface area (TPSA) is 84.3 Å². The Morgan fingerprint density at radius 2 is 1.80 bits per heavy atom. The molecule has 1 aromatic heterocycles. The summed E-state index contributed by atoms with van der Waals surface area (Å²) in [6.45, 7) is 0.803. The third kappa shape index (κ3) is 4.77. The second-order valence-electron chi connectivity index (χ2n) is 6.50. The van der Waals surface area contributed by atoms with Gasteiger partial charge in [0.25, 0.3) is 0 Å². The molecule has 1 atom stereocenters. The van der Waals surface area contributed by atoms with Gasteiger partial charge in [-0.1, -0.05) is 18.2 Å². The van der Waals surface area contributed by atoms with Crippen LogP contribution < -0.4 is 24.8 Å². The van der Waals surface area contributed by atoms with Gasteiger partial charge in [0.2, 0.25) is 5.75 Å². The highest BCUT2D eigenvalue weighted by atomic mass is 32.1. The largest absolute Gasteiger partial charge is 0.493 e. The lowest BCUT2D eigenvalue weighted by molar-refractivity contribution is 0.184. The van der Waals surface area contributed by atoms with Gasteiger partial charge in [-0.2, -0.15) is 0 Å². The van der Waals surface area contributed by atoms with Crippen molar-refractivity contribution in [1.82, 2.24) is 10.6 Å². The molecule has 7 nitrogen and oxygen atoms in total. The van der Waals surface area contributed by atoms with Gasteiger partial charge in [-0.25, -0.2) is 0 Å². The minimum atomic E-state index is -0.628. The molecule has 0 aliphatic rings. The van der Waals surface area contributed by atoms with Crippen molar-refractivity contribution in [2.75, 3.05) is 34.9 Å². The van der Waals surface area contributed by atoms with Crippen molar-refractivity contribution in [3.63, 3.8) is 0 Å². The van der Waals surface area contributed by atoms with Gasteiger partial charge in [0, 0.05) is 35.3 Å². The smallest absolute Gasteiger partial charge is 0.203 e. The highest BCUT2D eigenvalue weighted by Gasteiger charge is 2.16. The molecule has 1 heterocycles. The maximum absolute atomic E-state index is 10.6. The summed E-state index contributed by atoms with van der Waals surface area (Å²) >= 11 is 1.59. The molecule has 0 saturated carbocycles. The summed E-state index contributed by atoms with van der Waals surface area (Å²) in [4.78, 5) is 5.15. The maximum Gasteiger partial charge on any atom is 0.203 e. The van der Waals surface area contributed by atoms with Crippen LogP contribution in [0.4, 0.5) is 0 Å². The summed E-state index contributed by atoms with van der Waals surface area (Å²) in [6, 6.07) is 13.9. The first-order valence-corrected chi connectivity index (χ1v) is 10.3. The first-order valence-electron chi connectivity index (χ1n) is 9.50. The molecule has 2 aromatic carbocycles. The van der Waals surface area contributed by atoms with Crippen LogP contribution in [0.1, 0.15) is 16.5 Å². The van der Waals surface area contributed by atoms with Crippen molar-refractivity contribution >= 4 is 27.4 Å². The molecule has 3 aromatic rings. The standard InChI is InChI=1S/C22H27N3O4S/c1-23-22(24-12-15-9-10-17(27-2)21(29-4)20(15)28-3)25-13-16(26)19-11-14-7-5-6-8-18(14)30-19/h5-11,16,26H,12-13H2,1-4H3,(H2,23,24,25). The Morgan fingerprint density at radius 1 is 1.03 bits per heavy atom. The van der Waals surface area contributed by atoms with Crippen LogP contribution >= 0.6 is 11.3 Å². The average Bonchev–Trinajstić information content (AvgIpc) is 3.22. The number of aliphatic imine (C=N–C) groups is 1. The van der Waals surface area contributed by atoms with E-state index in [0.717, 1.165) is 20.5 Å². The lowest BCUT2D eigenvalue weighted by atomic mass is 10.1. The van der Waals surface area contributed by atoms with E-state index in [1.54, 1.807) is 39.7 Å². The van der Waals surface area contributed by atoms with Crippen molar-refractivity contribution in [3.8, 4) is 17.2 Å². The third-order valence-corrected chi connectivity index (χ3v) is 5.91. The zero-order valence-electron chi connectivity index (χ0n) is 17.6. The van der Waals surface area contributed by atoms with Crippen LogP contribution in [0.3, 0.4) is 0 Å². The Hall–Kier alpha value is -2.97. The second kappa shape index (κ2) is 10.2. The van der Waals surface area contributed by atoms with E-state index in [0.29, 0.717) is 36.3 Å². The van der Waals surface area contributed by atoms with E-state index >= 15 is 0 Å². The lowest BCUT2D eigenvalue weighted by Gasteiger charge is -2.18. The number of hydrogen-bond donors (Lipinski definition) is 3. The van der Waals surface area contributed by atoms with Gasteiger partial charge in [0.15, 0.2) is 17.5 Å². The molecule has 8 heteroatoms. The molecule has 0 bridgehead atoms. The summed E-state index contributed by atoms with van der Waals surface area (Å²) < 4.78 is 17.4. The van der Waals surface area contributed by atoms with Crippen LogP contribution in [0.2, 0.25) is 0 Å². The number of ether oxygens (including phenoxy) is 3. The second-order valence-corrected chi connectivity index (χ2v) is 7.62. The fourth-order valence-electron chi connectivity index (χ4n) is 3.16. The molecule has 160 valence electrons. The number of rotatable bonds is 8. The molecule has 3 N–H and O–H groups in total. The summed E-state index contributed by atoms with van der Waals surface area (Å²) in [5, 5.41) is 18.1. The summed E-state index contributed by atoms with van der Waals surface area (Å²) in [7, 11) is 6.44. The molecular formula is C22H27N3O4S. The van der Waals surface area contributed by atoms with Crippen LogP contribution in [0, 0.1) is 0 Å². The Labute approximate surface area is 180 Å². The van der Waals surface area contributed by atoms with E-state index in [4.69, 9.17) is 14.2 Å². The molecule has 1 unspecified atom stereocenters. The molecule has 0 aliphatic carbocycles. The molecule has 3 rings (SSSR count). The predicted molar refractivity (Wildman–Crippen MR) is 121 cm³/mol. The van der Waals surface area contributed by atoms with Gasteiger partial charge in [-0.15, -0.1) is 11.3 Å². The number of thiophene rings is 1. The molecule has 30 heavy (non-hydrogen) atoms. The van der Waals surface area contributed by atoms with Gasteiger partial charge < -0.3 is 30.0 Å². The highest BCUT2D eigenvalue weighted by molar-refractivity contribution is 7.19. The maximum atomic E-state index is 10.6. The van der Waals surface area contributed by atoms with Crippen molar-refractivity contribution in [1.29, 1.82) is 0 Å². The van der Waals surface area contributed by atoms with Gasteiger partial charge in [0.05, 0.1) is 21.3 Å². The monoisotopic (exact) mass is 429 g/mol. The van der Waals surface area contributed by atoms with E-state index in [9.17, 15) is 5.11 Å². The first kappa shape index (κ1) is 21.7. The minimum absolute atomic E-state index is 0.343. The fraction of sp³-hybridized carbons (Fsp3) is 0.318. The number of fused-ring (bicyclic) bond motifs is 1. The van der Waals surface area contributed by atoms with Crippen molar-refractivity contribution in [3.05, 3.63) is 52.9 Å². The van der Waals surface area contributed by atoms with Crippen LogP contribution in [-0.2, 0) is 6.54 Å². The average molecular weight is 430 g/mol. The molecular weight excluding hydrogens is 402 g/mol. The fourth-order valence-corrected chi connectivity index (χ4v) is 4.21. The number of nitrogens with one attached hydrogen (secondary N) is 2. The lowest BCUT2D eigenvalue weighted by Crippen LogP contribution is -2.39. The van der Waals surface area contributed by atoms with Crippen molar-refractivity contribution in [2.45, 2.75) is 12.6 Å². The normalized spacial score (nSPS) is 12.5. The van der Waals surface area contributed by atoms with Crippen molar-refractivity contribution in [2.24, 2.45) is 4.99 Å². The third-order valence-electron chi connectivity index (χ3n) is 4.69. The number of nitrogens with zero attached hydrogens (tertiary/aromatic N) is 1. The molecule has 0 fully saturated rings. The van der Waals surface area contributed by atoms with Crippen LogP contribution in [0.5, 0.6) is 17.2 Å². The molecule has 0 spiro atoms. The zero-order chi connectivity index (χ0) is 21.5. The van der Waals surface area contributed by atoms with E-state index < -0.39 is 6.10 Å². The Kier molecular flexibility index (Phi) is 7.37. The van der Waals surface area contributed by atoms with E-state index in [1.807, 2.05) is 36.4 Å². The van der Waals surface area contributed by atoms with Crippen LogP contribution in [0.15, 0.2) is 47.5 Å². The highest BCUT2D eigenvalue weighted by Crippen LogP contribution is 2.39. The summed E-state index contributed by atoms with van der Waals surface area (Å²) in [6.07, 6.45) is -0.628. The van der Waals surface area contributed by atoms with E-state index in [1.165, 1.54) is 0 Å². The van der Waals surface area contributed by atoms with Gasteiger partial charge in [-0.05, 0) is 29.7 Å². The molecule has 0 radical (unpaired) electrons. The van der Waals surface area contributed by atoms with Gasteiger partial charge in [-0.3, -0.25) is 4.99 Å². The van der Waals surface area contributed by atoms with E-state index in [2.05, 4.69) is 21.7 Å². The number of aliphatic hydroxyl groups excluding tert-OH is 1. The molecule has 0 saturated heterocycles. The molecule has 0 amide bonds.